The molecule has 200 valence electrons. The average Bonchev–Trinajstić information content (AvgIpc) is 3.20. The summed E-state index contributed by atoms with van der Waals surface area (Å²) in [5.74, 6) is 2.50. The Hall–Kier alpha value is -3.51. The van der Waals surface area contributed by atoms with Crippen molar-refractivity contribution in [2.45, 2.75) is 38.1 Å². The standard InChI is InChI=1S/C32H38N2O4/c1-33-26-12-10-23-19-29(36-2)31(37-3)32(38-4)30(23)24-11-13-27(28(35)20-25(24)26)34-16-14-22(15-17-34)18-21-8-6-5-7-9-21/h5-9,11,13,19-20,22,26,33H,10,12,14-18H2,1-4H3/t26-/m0/s1. The lowest BCUT2D eigenvalue weighted by Crippen LogP contribution is -2.36. The van der Waals surface area contributed by atoms with Crippen molar-refractivity contribution < 1.29 is 14.2 Å². The van der Waals surface area contributed by atoms with Gasteiger partial charge in [-0.1, -0.05) is 36.4 Å². The molecule has 1 aliphatic carbocycles. The van der Waals surface area contributed by atoms with Crippen LogP contribution in [0.3, 0.4) is 0 Å². The number of nitrogens with zero attached hydrogens (tertiary/aromatic N) is 1. The zero-order valence-corrected chi connectivity index (χ0v) is 22.9. The molecule has 3 aromatic carbocycles. The minimum absolute atomic E-state index is 0.0451. The molecule has 0 bridgehead atoms. The second-order valence-corrected chi connectivity index (χ2v) is 10.3. The van der Waals surface area contributed by atoms with Gasteiger partial charge >= 0.3 is 0 Å². The molecule has 1 heterocycles. The van der Waals surface area contributed by atoms with Gasteiger partial charge in [-0.25, -0.2) is 0 Å². The fourth-order valence-corrected chi connectivity index (χ4v) is 6.19. The fraction of sp³-hybridized carbons (Fsp3) is 0.406. The Bertz CT molecular complexity index is 1330. The molecule has 1 N–H and O–H groups in total. The van der Waals surface area contributed by atoms with Crippen LogP contribution < -0.4 is 29.9 Å². The molecular formula is C32H38N2O4. The van der Waals surface area contributed by atoms with E-state index >= 15 is 0 Å². The van der Waals surface area contributed by atoms with E-state index in [0.29, 0.717) is 23.2 Å². The van der Waals surface area contributed by atoms with Crippen LogP contribution in [0.4, 0.5) is 5.69 Å². The van der Waals surface area contributed by atoms with E-state index in [9.17, 15) is 4.79 Å². The maximum atomic E-state index is 13.7. The van der Waals surface area contributed by atoms with Crippen molar-refractivity contribution in [2.75, 3.05) is 46.4 Å². The molecule has 6 nitrogen and oxygen atoms in total. The molecule has 0 spiro atoms. The normalized spacial score (nSPS) is 17.3. The Morgan fingerprint density at radius 3 is 2.29 bits per heavy atom. The van der Waals surface area contributed by atoms with E-state index in [-0.39, 0.29) is 11.5 Å². The summed E-state index contributed by atoms with van der Waals surface area (Å²) < 4.78 is 17.3. The van der Waals surface area contributed by atoms with E-state index in [1.807, 2.05) is 25.2 Å². The molecule has 0 amide bonds. The van der Waals surface area contributed by atoms with Crippen molar-refractivity contribution in [1.29, 1.82) is 0 Å². The molecule has 1 fully saturated rings. The predicted molar refractivity (Wildman–Crippen MR) is 153 cm³/mol. The van der Waals surface area contributed by atoms with Crippen LogP contribution in [0.5, 0.6) is 17.2 Å². The Labute approximate surface area is 225 Å². The highest BCUT2D eigenvalue weighted by Gasteiger charge is 2.29. The van der Waals surface area contributed by atoms with E-state index in [1.165, 1.54) is 5.56 Å². The first-order valence-electron chi connectivity index (χ1n) is 13.5. The first kappa shape index (κ1) is 26.1. The van der Waals surface area contributed by atoms with Crippen LogP contribution in [0, 0.1) is 5.92 Å². The van der Waals surface area contributed by atoms with Gasteiger partial charge in [-0.15, -0.1) is 0 Å². The van der Waals surface area contributed by atoms with Gasteiger partial charge in [0.05, 0.1) is 27.0 Å². The smallest absolute Gasteiger partial charge is 0.203 e. The van der Waals surface area contributed by atoms with Gasteiger partial charge in [0.25, 0.3) is 0 Å². The molecule has 6 heteroatoms. The molecule has 1 atom stereocenters. The maximum absolute atomic E-state index is 13.7. The van der Waals surface area contributed by atoms with Gasteiger partial charge < -0.3 is 24.4 Å². The highest BCUT2D eigenvalue weighted by Crippen LogP contribution is 2.50. The highest BCUT2D eigenvalue weighted by molar-refractivity contribution is 5.83. The number of anilines is 1. The average molecular weight is 515 g/mol. The SMILES string of the molecule is CN[C@H]1CCc2cc(OC)c(OC)c(OC)c2-c2ccc(N3CCC(Cc4ccccc4)CC3)c(=O)cc21. The minimum Gasteiger partial charge on any atom is -0.493 e. The number of hydrogen-bond donors (Lipinski definition) is 1. The van der Waals surface area contributed by atoms with Gasteiger partial charge in [0.1, 0.15) is 0 Å². The van der Waals surface area contributed by atoms with Gasteiger partial charge in [0, 0.05) is 24.7 Å². The highest BCUT2D eigenvalue weighted by atomic mass is 16.5. The predicted octanol–water partition coefficient (Wildman–Crippen LogP) is 5.41. The van der Waals surface area contributed by atoms with Crippen molar-refractivity contribution in [3.05, 3.63) is 81.5 Å². The van der Waals surface area contributed by atoms with Gasteiger partial charge in [-0.3, -0.25) is 4.79 Å². The van der Waals surface area contributed by atoms with Crippen molar-refractivity contribution in [3.8, 4) is 28.4 Å². The minimum atomic E-state index is 0.0451. The Balaban J connectivity index is 1.53. The summed E-state index contributed by atoms with van der Waals surface area (Å²) in [7, 11) is 6.88. The number of hydrogen-bond acceptors (Lipinski definition) is 6. The van der Waals surface area contributed by atoms with Crippen LogP contribution in [-0.4, -0.2) is 41.5 Å². The molecule has 0 aromatic heterocycles. The molecule has 38 heavy (non-hydrogen) atoms. The van der Waals surface area contributed by atoms with Crippen LogP contribution in [-0.2, 0) is 12.8 Å². The molecule has 1 saturated heterocycles. The molecule has 2 aliphatic rings. The molecule has 0 unspecified atom stereocenters. The van der Waals surface area contributed by atoms with Crippen molar-refractivity contribution in [3.63, 3.8) is 0 Å². The first-order chi connectivity index (χ1) is 18.6. The third-order valence-electron chi connectivity index (χ3n) is 8.19. The van der Waals surface area contributed by atoms with E-state index in [2.05, 4.69) is 46.6 Å². The number of nitrogens with one attached hydrogen (secondary N) is 1. The van der Waals surface area contributed by atoms with Crippen LogP contribution in [0.2, 0.25) is 0 Å². The third kappa shape index (κ3) is 4.97. The number of piperidine rings is 1. The topological polar surface area (TPSA) is 60.0 Å². The van der Waals surface area contributed by atoms with Crippen molar-refractivity contribution in [1.82, 2.24) is 5.32 Å². The van der Waals surface area contributed by atoms with Gasteiger partial charge in [-0.2, -0.15) is 0 Å². The number of rotatable bonds is 7. The van der Waals surface area contributed by atoms with Crippen LogP contribution in [0.1, 0.15) is 42.0 Å². The van der Waals surface area contributed by atoms with Crippen molar-refractivity contribution >= 4 is 5.69 Å². The number of aryl methyl sites for hydroxylation is 1. The van der Waals surface area contributed by atoms with Crippen molar-refractivity contribution in [2.24, 2.45) is 5.92 Å². The van der Waals surface area contributed by atoms with Gasteiger partial charge in [0.15, 0.2) is 11.5 Å². The van der Waals surface area contributed by atoms with Crippen LogP contribution in [0.25, 0.3) is 11.1 Å². The Kier molecular flexibility index (Phi) is 7.89. The zero-order chi connectivity index (χ0) is 26.6. The lowest BCUT2D eigenvalue weighted by molar-refractivity contribution is 0.324. The van der Waals surface area contributed by atoms with Gasteiger partial charge in [-0.05, 0) is 85.5 Å². The number of ether oxygens (including phenoxy) is 3. The van der Waals surface area contributed by atoms with Crippen LogP contribution >= 0.6 is 0 Å². The summed E-state index contributed by atoms with van der Waals surface area (Å²) in [6, 6.07) is 18.7. The maximum Gasteiger partial charge on any atom is 0.203 e. The number of methoxy groups -OCH3 is 3. The molecule has 5 rings (SSSR count). The molecule has 3 aromatic rings. The summed E-state index contributed by atoms with van der Waals surface area (Å²) in [6.45, 7) is 1.78. The van der Waals surface area contributed by atoms with Crippen LogP contribution in [0.15, 0.2) is 59.4 Å². The van der Waals surface area contributed by atoms with E-state index < -0.39 is 0 Å². The van der Waals surface area contributed by atoms with E-state index in [1.54, 1.807) is 21.3 Å². The van der Waals surface area contributed by atoms with Gasteiger partial charge in [0.2, 0.25) is 11.2 Å². The number of fused-ring (bicyclic) bond motifs is 3. The third-order valence-corrected chi connectivity index (χ3v) is 8.19. The first-order valence-corrected chi connectivity index (χ1v) is 13.5. The monoisotopic (exact) mass is 514 g/mol. The molecular weight excluding hydrogens is 476 g/mol. The summed E-state index contributed by atoms with van der Waals surface area (Å²) in [5.41, 5.74) is 6.32. The molecule has 0 saturated carbocycles. The molecule has 1 aliphatic heterocycles. The number of benzene rings is 2. The molecule has 0 radical (unpaired) electrons. The lowest BCUT2D eigenvalue weighted by atomic mass is 9.90. The largest absolute Gasteiger partial charge is 0.493 e. The summed E-state index contributed by atoms with van der Waals surface area (Å²) in [6.07, 6.45) is 4.95. The zero-order valence-electron chi connectivity index (χ0n) is 22.9. The Morgan fingerprint density at radius 1 is 0.895 bits per heavy atom. The Morgan fingerprint density at radius 2 is 1.63 bits per heavy atom. The summed E-state index contributed by atoms with van der Waals surface area (Å²) in [4.78, 5) is 15.9. The van der Waals surface area contributed by atoms with E-state index in [4.69, 9.17) is 14.2 Å². The second kappa shape index (κ2) is 11.5. The fourth-order valence-electron chi connectivity index (χ4n) is 6.19. The van der Waals surface area contributed by atoms with E-state index in [0.717, 1.165) is 73.1 Å². The quantitative estimate of drug-likeness (QED) is 0.455. The summed E-state index contributed by atoms with van der Waals surface area (Å²) >= 11 is 0. The lowest BCUT2D eigenvalue weighted by Gasteiger charge is -2.33. The second-order valence-electron chi connectivity index (χ2n) is 10.3. The summed E-state index contributed by atoms with van der Waals surface area (Å²) in [5, 5.41) is 3.44.